The lowest BCUT2D eigenvalue weighted by atomic mass is 9.71. The van der Waals surface area contributed by atoms with Crippen molar-refractivity contribution in [2.24, 2.45) is 10.8 Å². The number of nitrogens with zero attached hydrogens (tertiary/aromatic N) is 2. The number of Topliss-reactive ketones (excluding diaryl/α,β-unsaturated/α-hetero) is 1. The van der Waals surface area contributed by atoms with Crippen LogP contribution in [0.3, 0.4) is 0 Å². The SMILES string of the molecule is O=C1CCC2(CC1)CCN(c1ccc(C(O)C(F)(F)F)cc1)C2=O.O=C1N(c2ccc(C(O)C(F)(F)F)cc2)CCC12CCC1(CC2)OCCO1. The van der Waals surface area contributed by atoms with Gasteiger partial charge >= 0.3 is 12.4 Å². The average molecular weight is 727 g/mol. The summed E-state index contributed by atoms with van der Waals surface area (Å²) in [4.78, 5) is 40.4. The Morgan fingerprint density at radius 2 is 0.941 bits per heavy atom. The molecule has 2 saturated carbocycles. The van der Waals surface area contributed by atoms with E-state index in [4.69, 9.17) is 9.47 Å². The highest BCUT2D eigenvalue weighted by Crippen LogP contribution is 2.51. The number of aliphatic hydroxyl groups is 2. The summed E-state index contributed by atoms with van der Waals surface area (Å²) in [5, 5.41) is 18.6. The van der Waals surface area contributed by atoms with Gasteiger partial charge in [-0.25, -0.2) is 0 Å². The van der Waals surface area contributed by atoms with E-state index in [2.05, 4.69) is 0 Å². The molecule has 2 aromatic carbocycles. The fraction of sp³-hybridized carbons (Fsp3) is 0.583. The third-order valence-corrected chi connectivity index (χ3v) is 11.2. The lowest BCUT2D eigenvalue weighted by Gasteiger charge is -2.40. The highest BCUT2D eigenvalue weighted by molar-refractivity contribution is 6.01. The Bertz CT molecular complexity index is 1590. The van der Waals surface area contributed by atoms with Crippen LogP contribution in [-0.4, -0.2) is 72.3 Å². The summed E-state index contributed by atoms with van der Waals surface area (Å²) < 4.78 is 86.9. The monoisotopic (exact) mass is 726 g/mol. The maximum atomic E-state index is 13.1. The average Bonchev–Trinajstić information content (AvgIpc) is 3.79. The van der Waals surface area contributed by atoms with Crippen molar-refractivity contribution in [3.05, 3.63) is 59.7 Å². The number of hydrogen-bond donors (Lipinski definition) is 2. The first-order valence-corrected chi connectivity index (χ1v) is 17.1. The molecule has 51 heavy (non-hydrogen) atoms. The molecule has 9 nitrogen and oxygen atoms in total. The van der Waals surface area contributed by atoms with E-state index in [0.717, 1.165) is 6.42 Å². The molecule has 0 radical (unpaired) electrons. The van der Waals surface area contributed by atoms with Crippen molar-refractivity contribution in [1.29, 1.82) is 0 Å². The van der Waals surface area contributed by atoms with Gasteiger partial charge in [0.15, 0.2) is 18.0 Å². The Balaban J connectivity index is 0.000000177. The topological polar surface area (TPSA) is 117 Å². The zero-order valence-electron chi connectivity index (χ0n) is 27.8. The Morgan fingerprint density at radius 3 is 1.31 bits per heavy atom. The second-order valence-electron chi connectivity index (χ2n) is 14.2. The highest BCUT2D eigenvalue weighted by atomic mass is 19.4. The second-order valence-corrected chi connectivity index (χ2v) is 14.2. The number of carbonyl (C=O) groups excluding carboxylic acids is 3. The van der Waals surface area contributed by atoms with Crippen molar-refractivity contribution in [2.75, 3.05) is 36.1 Å². The van der Waals surface area contributed by atoms with Gasteiger partial charge in [0.2, 0.25) is 11.8 Å². The predicted molar refractivity (Wildman–Crippen MR) is 170 cm³/mol. The number of rotatable bonds is 4. The Morgan fingerprint density at radius 1 is 0.569 bits per heavy atom. The molecule has 2 aromatic rings. The van der Waals surface area contributed by atoms with Gasteiger partial charge < -0.3 is 29.5 Å². The van der Waals surface area contributed by atoms with E-state index in [0.29, 0.717) is 95.5 Å². The van der Waals surface area contributed by atoms with Gasteiger partial charge in [-0.05, 0) is 73.9 Å². The fourth-order valence-corrected chi connectivity index (χ4v) is 8.02. The van der Waals surface area contributed by atoms with E-state index in [1.54, 1.807) is 9.80 Å². The molecule has 2 amide bonds. The van der Waals surface area contributed by atoms with Gasteiger partial charge in [0.1, 0.15) is 5.78 Å². The summed E-state index contributed by atoms with van der Waals surface area (Å²) in [6.07, 6.45) is -8.44. The summed E-state index contributed by atoms with van der Waals surface area (Å²) in [5.41, 5.74) is -0.350. The van der Waals surface area contributed by atoms with Crippen molar-refractivity contribution >= 4 is 29.0 Å². The highest BCUT2D eigenvalue weighted by Gasteiger charge is 2.54. The summed E-state index contributed by atoms with van der Waals surface area (Å²) in [5.74, 6) is -0.398. The molecule has 2 unspecified atom stereocenters. The molecular weight excluding hydrogens is 686 g/mol. The lowest BCUT2D eigenvalue weighted by molar-refractivity contribution is -0.207. The molecule has 3 spiro atoms. The summed E-state index contributed by atoms with van der Waals surface area (Å²) in [6, 6.07) is 10.6. The third kappa shape index (κ3) is 7.40. The molecule has 3 saturated heterocycles. The number of alkyl halides is 6. The second kappa shape index (κ2) is 13.8. The van der Waals surface area contributed by atoms with Crippen LogP contribution in [0.25, 0.3) is 0 Å². The first-order chi connectivity index (χ1) is 24.0. The van der Waals surface area contributed by atoms with Gasteiger partial charge in [-0.1, -0.05) is 24.3 Å². The van der Waals surface area contributed by atoms with Gasteiger partial charge in [0.05, 0.1) is 24.0 Å². The number of halogens is 6. The van der Waals surface area contributed by atoms with Gasteiger partial charge in [0.25, 0.3) is 0 Å². The van der Waals surface area contributed by atoms with Crippen molar-refractivity contribution < 1.29 is 60.4 Å². The maximum Gasteiger partial charge on any atom is 0.418 e. The molecular formula is C36H40F6N2O7. The van der Waals surface area contributed by atoms with Crippen LogP contribution < -0.4 is 9.80 Å². The van der Waals surface area contributed by atoms with Crippen LogP contribution in [0.15, 0.2) is 48.5 Å². The number of carbonyl (C=O) groups is 3. The molecule has 3 aliphatic heterocycles. The van der Waals surface area contributed by atoms with Crippen LogP contribution in [0.2, 0.25) is 0 Å². The van der Waals surface area contributed by atoms with Crippen molar-refractivity contribution in [3.63, 3.8) is 0 Å². The molecule has 2 aliphatic carbocycles. The Kier molecular flexibility index (Phi) is 10.1. The molecule has 5 fully saturated rings. The standard InChI is InChI=1S/C19H22F3NO4.C17H18F3NO3/c20-19(21,22)15(24)13-1-3-14(4-2-13)23-10-9-17(16(23)25)5-7-18(8-6-17)26-11-12-27-18;18-17(19,20)14(23)11-1-3-12(4-2-11)21-10-9-16(15(21)24)7-5-13(22)6-8-16/h1-4,15,24H,5-12H2;1-4,14,23H,5-10H2. The van der Waals surface area contributed by atoms with Crippen LogP contribution in [-0.2, 0) is 23.9 Å². The van der Waals surface area contributed by atoms with Crippen molar-refractivity contribution in [3.8, 4) is 0 Å². The quantitative estimate of drug-likeness (QED) is 0.347. The zero-order chi connectivity index (χ0) is 36.8. The fourth-order valence-electron chi connectivity index (χ4n) is 8.02. The molecule has 5 aliphatic rings. The number of anilines is 2. The molecule has 3 heterocycles. The molecule has 278 valence electrons. The van der Waals surface area contributed by atoms with Crippen molar-refractivity contribution in [1.82, 2.24) is 0 Å². The van der Waals surface area contributed by atoms with Crippen molar-refractivity contribution in [2.45, 2.75) is 94.6 Å². The minimum Gasteiger partial charge on any atom is -0.379 e. The number of ketones is 1. The summed E-state index contributed by atoms with van der Waals surface area (Å²) >= 11 is 0. The molecule has 7 rings (SSSR count). The van der Waals surface area contributed by atoms with Gasteiger partial charge in [-0.3, -0.25) is 14.4 Å². The van der Waals surface area contributed by atoms with E-state index in [9.17, 15) is 50.9 Å². The van der Waals surface area contributed by atoms with Crippen LogP contribution in [0.4, 0.5) is 37.7 Å². The Labute approximate surface area is 290 Å². The van der Waals surface area contributed by atoms with E-state index in [1.165, 1.54) is 48.5 Å². The predicted octanol–water partition coefficient (Wildman–Crippen LogP) is 6.47. The van der Waals surface area contributed by atoms with E-state index < -0.39 is 41.2 Å². The lowest BCUT2D eigenvalue weighted by Crippen LogP contribution is -2.44. The minimum absolute atomic E-state index is 0.0134. The number of benzene rings is 2. The largest absolute Gasteiger partial charge is 0.418 e. The zero-order valence-corrected chi connectivity index (χ0v) is 27.8. The molecule has 0 aromatic heterocycles. The molecule has 0 bridgehead atoms. The van der Waals surface area contributed by atoms with Gasteiger partial charge in [-0.2, -0.15) is 26.3 Å². The van der Waals surface area contributed by atoms with Gasteiger partial charge in [0, 0.05) is 50.1 Å². The van der Waals surface area contributed by atoms with Crippen LogP contribution in [0.1, 0.15) is 87.5 Å². The number of amides is 2. The smallest absolute Gasteiger partial charge is 0.379 e. The van der Waals surface area contributed by atoms with Crippen LogP contribution >= 0.6 is 0 Å². The minimum atomic E-state index is -4.72. The summed E-state index contributed by atoms with van der Waals surface area (Å²) in [7, 11) is 0. The number of aliphatic hydroxyl groups excluding tert-OH is 2. The molecule has 15 heteroatoms. The first kappa shape index (κ1) is 37.2. The molecule has 2 atom stereocenters. The number of ether oxygens (including phenoxy) is 2. The van der Waals surface area contributed by atoms with Gasteiger partial charge in [-0.15, -0.1) is 0 Å². The summed E-state index contributed by atoms with van der Waals surface area (Å²) in [6.45, 7) is 2.20. The maximum absolute atomic E-state index is 13.1. The Hall–Kier alpha value is -3.53. The van der Waals surface area contributed by atoms with Crippen LogP contribution in [0, 0.1) is 10.8 Å². The molecule has 2 N–H and O–H groups in total. The normalized spacial score (nSPS) is 24.0. The van der Waals surface area contributed by atoms with E-state index >= 15 is 0 Å². The van der Waals surface area contributed by atoms with E-state index in [-0.39, 0.29) is 28.7 Å². The van der Waals surface area contributed by atoms with E-state index in [1.807, 2.05) is 0 Å². The third-order valence-electron chi connectivity index (χ3n) is 11.2. The van der Waals surface area contributed by atoms with Crippen LogP contribution in [0.5, 0.6) is 0 Å². The first-order valence-electron chi connectivity index (χ1n) is 17.1. The number of hydrogen-bond acceptors (Lipinski definition) is 7.